The van der Waals surface area contributed by atoms with Gasteiger partial charge in [0, 0.05) is 18.8 Å². The van der Waals surface area contributed by atoms with E-state index in [1.165, 1.54) is 29.8 Å². The second-order valence-electron chi connectivity index (χ2n) is 6.63. The van der Waals surface area contributed by atoms with Crippen LogP contribution in [0.15, 0.2) is 84.0 Å². The summed E-state index contributed by atoms with van der Waals surface area (Å²) < 4.78 is 18.1. The van der Waals surface area contributed by atoms with Crippen molar-refractivity contribution < 1.29 is 13.9 Å². The van der Waals surface area contributed by atoms with E-state index in [9.17, 15) is 9.18 Å². The molecular weight excluding hydrogens is 381 g/mol. The van der Waals surface area contributed by atoms with Crippen LogP contribution >= 0.6 is 0 Å². The molecule has 3 aromatic rings. The smallest absolute Gasteiger partial charge is 0.277 e. The van der Waals surface area contributed by atoms with Crippen molar-refractivity contribution in [2.75, 3.05) is 18.1 Å². The maximum atomic E-state index is 12.8. The molecule has 6 heteroatoms. The molecule has 154 valence electrons. The molecule has 3 aromatic carbocycles. The molecule has 0 heterocycles. The highest BCUT2D eigenvalue weighted by Crippen LogP contribution is 2.17. The fourth-order valence-corrected chi connectivity index (χ4v) is 2.85. The van der Waals surface area contributed by atoms with Crippen LogP contribution in [0.4, 0.5) is 10.1 Å². The maximum absolute atomic E-state index is 12.8. The molecule has 3 rings (SSSR count). The number of carbonyl (C=O) groups excluding carboxylic acids is 1. The van der Waals surface area contributed by atoms with Crippen molar-refractivity contribution in [2.24, 2.45) is 5.10 Å². The lowest BCUT2D eigenvalue weighted by atomic mass is 10.1. The summed E-state index contributed by atoms with van der Waals surface area (Å²) in [7, 11) is 0. The second-order valence-corrected chi connectivity index (χ2v) is 6.63. The summed E-state index contributed by atoms with van der Waals surface area (Å²) in [6.07, 6.45) is 1.58. The van der Waals surface area contributed by atoms with Gasteiger partial charge in [0.15, 0.2) is 6.61 Å². The third-order valence-corrected chi connectivity index (χ3v) is 4.44. The Bertz CT molecular complexity index is 958. The minimum absolute atomic E-state index is 0.202. The lowest BCUT2D eigenvalue weighted by molar-refractivity contribution is -0.123. The van der Waals surface area contributed by atoms with Crippen LogP contribution in [0.2, 0.25) is 0 Å². The Morgan fingerprint density at radius 3 is 2.40 bits per heavy atom. The molecule has 0 aliphatic heterocycles. The Morgan fingerprint density at radius 1 is 1.03 bits per heavy atom. The summed E-state index contributed by atoms with van der Waals surface area (Å²) in [5.74, 6) is -0.334. The van der Waals surface area contributed by atoms with Crippen LogP contribution in [0.3, 0.4) is 0 Å². The fourth-order valence-electron chi connectivity index (χ4n) is 2.85. The third-order valence-electron chi connectivity index (χ3n) is 4.44. The first-order valence-electron chi connectivity index (χ1n) is 9.73. The molecule has 0 spiro atoms. The van der Waals surface area contributed by atoms with E-state index in [4.69, 9.17) is 4.74 Å². The summed E-state index contributed by atoms with van der Waals surface area (Å²) in [5, 5.41) is 3.95. The predicted octanol–water partition coefficient (Wildman–Crippen LogP) is 4.38. The van der Waals surface area contributed by atoms with Crippen LogP contribution in [0.5, 0.6) is 5.75 Å². The van der Waals surface area contributed by atoms with Crippen molar-refractivity contribution in [3.05, 3.63) is 95.8 Å². The summed E-state index contributed by atoms with van der Waals surface area (Å²) >= 11 is 0. The van der Waals surface area contributed by atoms with E-state index in [2.05, 4.69) is 34.5 Å². The van der Waals surface area contributed by atoms with Gasteiger partial charge < -0.3 is 9.64 Å². The van der Waals surface area contributed by atoms with Crippen molar-refractivity contribution in [1.29, 1.82) is 0 Å². The zero-order valence-corrected chi connectivity index (χ0v) is 16.8. The van der Waals surface area contributed by atoms with Crippen LogP contribution in [-0.4, -0.2) is 25.3 Å². The first-order chi connectivity index (χ1) is 14.6. The van der Waals surface area contributed by atoms with Crippen LogP contribution in [0, 0.1) is 5.82 Å². The number of amides is 1. The van der Waals surface area contributed by atoms with E-state index in [1.54, 1.807) is 6.21 Å². The Morgan fingerprint density at radius 2 is 1.73 bits per heavy atom. The molecule has 0 saturated heterocycles. The molecular formula is C24H24FN3O2. The number of ether oxygens (including phenoxy) is 1. The molecule has 0 bridgehead atoms. The molecule has 0 aliphatic carbocycles. The van der Waals surface area contributed by atoms with Gasteiger partial charge in [-0.15, -0.1) is 0 Å². The normalized spacial score (nSPS) is 10.7. The molecule has 30 heavy (non-hydrogen) atoms. The molecule has 1 N–H and O–H groups in total. The number of hydrogen-bond acceptors (Lipinski definition) is 4. The summed E-state index contributed by atoms with van der Waals surface area (Å²) in [4.78, 5) is 14.1. The van der Waals surface area contributed by atoms with Crippen molar-refractivity contribution in [2.45, 2.75) is 13.5 Å². The summed E-state index contributed by atoms with van der Waals surface area (Å²) in [6, 6.07) is 23.8. The second kappa shape index (κ2) is 10.8. The highest BCUT2D eigenvalue weighted by atomic mass is 19.1. The zero-order valence-electron chi connectivity index (χ0n) is 16.8. The van der Waals surface area contributed by atoms with E-state index < -0.39 is 5.91 Å². The minimum Gasteiger partial charge on any atom is -0.484 e. The Hall–Kier alpha value is -3.67. The fraction of sp³-hybridized carbons (Fsp3) is 0.167. The van der Waals surface area contributed by atoms with Crippen molar-refractivity contribution in [3.63, 3.8) is 0 Å². The van der Waals surface area contributed by atoms with E-state index in [0.29, 0.717) is 5.75 Å². The molecule has 0 atom stereocenters. The molecule has 0 unspecified atom stereocenters. The highest BCUT2D eigenvalue weighted by molar-refractivity contribution is 5.83. The first-order valence-corrected chi connectivity index (χ1v) is 9.73. The van der Waals surface area contributed by atoms with E-state index >= 15 is 0 Å². The molecule has 5 nitrogen and oxygen atoms in total. The molecule has 0 radical (unpaired) electrons. The van der Waals surface area contributed by atoms with E-state index in [-0.39, 0.29) is 12.4 Å². The molecule has 0 aromatic heterocycles. The van der Waals surface area contributed by atoms with Crippen LogP contribution in [0.1, 0.15) is 18.1 Å². The lowest BCUT2D eigenvalue weighted by Crippen LogP contribution is -2.24. The van der Waals surface area contributed by atoms with Gasteiger partial charge in [-0.2, -0.15) is 5.10 Å². The number of nitrogens with one attached hydrogen (secondary N) is 1. The van der Waals surface area contributed by atoms with Gasteiger partial charge >= 0.3 is 0 Å². The molecule has 0 fully saturated rings. The van der Waals surface area contributed by atoms with Gasteiger partial charge in [-0.05, 0) is 54.4 Å². The van der Waals surface area contributed by atoms with Crippen molar-refractivity contribution in [1.82, 2.24) is 5.43 Å². The number of nitrogens with zero attached hydrogens (tertiary/aromatic N) is 2. The lowest BCUT2D eigenvalue weighted by Gasteiger charge is -2.23. The van der Waals surface area contributed by atoms with E-state index in [0.717, 1.165) is 24.3 Å². The predicted molar refractivity (Wildman–Crippen MR) is 117 cm³/mol. The van der Waals surface area contributed by atoms with E-state index in [1.807, 2.05) is 42.5 Å². The largest absolute Gasteiger partial charge is 0.484 e. The molecule has 0 aliphatic rings. The number of anilines is 1. The highest BCUT2D eigenvalue weighted by Gasteiger charge is 2.05. The quantitative estimate of drug-likeness (QED) is 0.425. The Labute approximate surface area is 175 Å². The number of halogens is 1. The van der Waals surface area contributed by atoms with Crippen molar-refractivity contribution in [3.8, 4) is 5.75 Å². The average molecular weight is 405 g/mol. The van der Waals surface area contributed by atoms with Crippen LogP contribution in [0.25, 0.3) is 0 Å². The third kappa shape index (κ3) is 6.44. The average Bonchev–Trinajstić information content (AvgIpc) is 2.78. The first kappa shape index (κ1) is 21.0. The van der Waals surface area contributed by atoms with Crippen LogP contribution < -0.4 is 15.1 Å². The molecule has 1 amide bonds. The van der Waals surface area contributed by atoms with Gasteiger partial charge in [-0.3, -0.25) is 4.79 Å². The molecule has 0 saturated carbocycles. The van der Waals surface area contributed by atoms with Crippen molar-refractivity contribution >= 4 is 17.8 Å². The monoisotopic (exact) mass is 405 g/mol. The topological polar surface area (TPSA) is 53.9 Å². The van der Waals surface area contributed by atoms with Gasteiger partial charge in [0.05, 0.1) is 6.21 Å². The Kier molecular flexibility index (Phi) is 7.55. The van der Waals surface area contributed by atoms with Crippen LogP contribution in [-0.2, 0) is 11.3 Å². The Balaban J connectivity index is 1.48. The summed E-state index contributed by atoms with van der Waals surface area (Å²) in [6.45, 7) is 3.66. The van der Waals surface area contributed by atoms with Gasteiger partial charge in [-0.1, -0.05) is 42.5 Å². The standard InChI is InChI=1S/C24H24FN3O2/c1-2-28(17-20-6-4-3-5-7-20)22-12-8-19(9-13-22)16-26-27-24(29)18-30-23-14-10-21(25)11-15-23/h3-16H,2,17-18H2,1H3,(H,27,29)/b26-16-. The minimum atomic E-state index is -0.396. The number of hydrogen-bond donors (Lipinski definition) is 1. The summed E-state index contributed by atoms with van der Waals surface area (Å²) in [5.41, 5.74) is 5.67. The number of rotatable bonds is 9. The maximum Gasteiger partial charge on any atom is 0.277 e. The van der Waals surface area contributed by atoms with Gasteiger partial charge in [-0.25, -0.2) is 9.82 Å². The number of hydrazone groups is 1. The zero-order chi connectivity index (χ0) is 21.2. The number of benzene rings is 3. The van der Waals surface area contributed by atoms with Gasteiger partial charge in [0.1, 0.15) is 11.6 Å². The van der Waals surface area contributed by atoms with Gasteiger partial charge in [0.2, 0.25) is 0 Å². The SMILES string of the molecule is CCN(Cc1ccccc1)c1ccc(/C=N\NC(=O)COc2ccc(F)cc2)cc1. The number of carbonyl (C=O) groups is 1. The van der Waals surface area contributed by atoms with Gasteiger partial charge in [0.25, 0.3) is 5.91 Å².